The fraction of sp³-hybridized carbons (Fsp3) is 0.304. The Morgan fingerprint density at radius 3 is 2.81 bits per heavy atom. The van der Waals surface area contributed by atoms with Gasteiger partial charge in [-0.1, -0.05) is 12.1 Å². The van der Waals surface area contributed by atoms with E-state index in [1.165, 1.54) is 17.9 Å². The Morgan fingerprint density at radius 1 is 1.29 bits per heavy atom. The molecule has 3 aromatic rings. The number of hydrogen-bond donors (Lipinski definition) is 1. The molecule has 1 aromatic heterocycles. The molecule has 6 nitrogen and oxygen atoms in total. The van der Waals surface area contributed by atoms with Crippen molar-refractivity contribution >= 4 is 21.9 Å². The van der Waals surface area contributed by atoms with Crippen LogP contribution in [0.4, 0.5) is 4.39 Å². The molecular formula is C23H22BrFN2O4. The number of hydrogen-bond acceptors (Lipinski definition) is 4. The van der Waals surface area contributed by atoms with Gasteiger partial charge in [0.25, 0.3) is 0 Å². The van der Waals surface area contributed by atoms with Gasteiger partial charge < -0.3 is 14.6 Å². The molecule has 4 rings (SSSR count). The van der Waals surface area contributed by atoms with Crippen LogP contribution in [0.15, 0.2) is 53.3 Å². The third kappa shape index (κ3) is 4.90. The van der Waals surface area contributed by atoms with E-state index in [9.17, 15) is 14.3 Å². The highest BCUT2D eigenvalue weighted by Gasteiger charge is 2.33. The Balaban J connectivity index is 1.50. The fourth-order valence-electron chi connectivity index (χ4n) is 3.65. The zero-order valence-electron chi connectivity index (χ0n) is 16.9. The van der Waals surface area contributed by atoms with E-state index in [2.05, 4.69) is 21.0 Å². The molecule has 1 aliphatic carbocycles. The predicted octanol–water partition coefficient (Wildman–Crippen LogP) is 5.33. The Morgan fingerprint density at radius 2 is 2.10 bits per heavy atom. The SMILES string of the molecule is COc1ccc(F)c(-n2ncc(COc3cccc(C(CC(=O)O)C4CC4)c3)c2Br)c1. The minimum absolute atomic E-state index is 0.00609. The number of carboxylic acids is 1. The van der Waals surface area contributed by atoms with Crippen molar-refractivity contribution < 1.29 is 23.8 Å². The zero-order valence-corrected chi connectivity index (χ0v) is 18.5. The van der Waals surface area contributed by atoms with Gasteiger partial charge in [0.05, 0.1) is 19.7 Å². The van der Waals surface area contributed by atoms with Gasteiger partial charge in [0.2, 0.25) is 0 Å². The minimum Gasteiger partial charge on any atom is -0.497 e. The molecule has 1 saturated carbocycles. The van der Waals surface area contributed by atoms with Crippen LogP contribution in [0.5, 0.6) is 11.5 Å². The molecule has 162 valence electrons. The van der Waals surface area contributed by atoms with Gasteiger partial charge in [-0.2, -0.15) is 5.10 Å². The Hall–Kier alpha value is -2.87. The molecule has 31 heavy (non-hydrogen) atoms. The number of rotatable bonds is 9. The number of ether oxygens (including phenoxy) is 2. The maximum atomic E-state index is 14.3. The number of nitrogens with zero attached hydrogens (tertiary/aromatic N) is 2. The summed E-state index contributed by atoms with van der Waals surface area (Å²) in [7, 11) is 1.52. The summed E-state index contributed by atoms with van der Waals surface area (Å²) in [6.07, 6.45) is 3.87. The molecule has 1 N–H and O–H groups in total. The van der Waals surface area contributed by atoms with Crippen molar-refractivity contribution in [3.05, 3.63) is 70.2 Å². The van der Waals surface area contributed by atoms with Crippen molar-refractivity contribution in [2.75, 3.05) is 7.11 Å². The first-order chi connectivity index (χ1) is 15.0. The van der Waals surface area contributed by atoms with Crippen LogP contribution in [0.1, 0.15) is 36.3 Å². The number of halogens is 2. The minimum atomic E-state index is -0.788. The van der Waals surface area contributed by atoms with E-state index >= 15 is 0 Å². The second kappa shape index (κ2) is 9.09. The van der Waals surface area contributed by atoms with Crippen LogP contribution in [-0.2, 0) is 11.4 Å². The largest absolute Gasteiger partial charge is 0.497 e. The summed E-state index contributed by atoms with van der Waals surface area (Å²) in [5.41, 5.74) is 1.99. The second-order valence-electron chi connectivity index (χ2n) is 7.59. The smallest absolute Gasteiger partial charge is 0.303 e. The number of benzene rings is 2. The van der Waals surface area contributed by atoms with Gasteiger partial charge in [-0.3, -0.25) is 4.79 Å². The lowest BCUT2D eigenvalue weighted by Crippen LogP contribution is -2.08. The zero-order chi connectivity index (χ0) is 22.0. The van der Waals surface area contributed by atoms with E-state index in [0.29, 0.717) is 22.0 Å². The highest BCUT2D eigenvalue weighted by molar-refractivity contribution is 9.10. The van der Waals surface area contributed by atoms with Crippen LogP contribution in [-0.4, -0.2) is 28.0 Å². The lowest BCUT2D eigenvalue weighted by Gasteiger charge is -2.16. The highest BCUT2D eigenvalue weighted by atomic mass is 79.9. The molecule has 1 unspecified atom stereocenters. The van der Waals surface area contributed by atoms with Crippen LogP contribution < -0.4 is 9.47 Å². The second-order valence-corrected chi connectivity index (χ2v) is 8.34. The molecule has 0 amide bonds. The lowest BCUT2D eigenvalue weighted by atomic mass is 9.91. The summed E-state index contributed by atoms with van der Waals surface area (Å²) < 4.78 is 27.4. The molecule has 0 spiro atoms. The number of aromatic nitrogens is 2. The van der Waals surface area contributed by atoms with Gasteiger partial charge in [0.1, 0.15) is 34.2 Å². The van der Waals surface area contributed by atoms with Crippen LogP contribution >= 0.6 is 15.9 Å². The lowest BCUT2D eigenvalue weighted by molar-refractivity contribution is -0.137. The van der Waals surface area contributed by atoms with E-state index in [1.807, 2.05) is 24.3 Å². The standard InChI is InChI=1S/C23H22BrFN2O4/c1-30-17-7-8-20(25)21(10-17)27-23(24)16(12-26-27)13-31-18-4-2-3-15(9-18)19(11-22(28)29)14-5-6-14/h2-4,7-10,12,14,19H,5-6,11,13H2,1H3,(H,28,29). The predicted molar refractivity (Wildman–Crippen MR) is 116 cm³/mol. The van der Waals surface area contributed by atoms with Crippen LogP contribution in [0.2, 0.25) is 0 Å². The summed E-state index contributed by atoms with van der Waals surface area (Å²) in [5, 5.41) is 13.5. The summed E-state index contributed by atoms with van der Waals surface area (Å²) in [4.78, 5) is 11.3. The van der Waals surface area contributed by atoms with E-state index in [-0.39, 0.29) is 24.6 Å². The monoisotopic (exact) mass is 488 g/mol. The first kappa shape index (κ1) is 21.4. The summed E-state index contributed by atoms with van der Waals surface area (Å²) >= 11 is 3.48. The normalized spacial score (nSPS) is 14.3. The molecule has 1 fully saturated rings. The number of carboxylic acid groups (broad SMARTS) is 1. The van der Waals surface area contributed by atoms with E-state index in [4.69, 9.17) is 9.47 Å². The Kier molecular flexibility index (Phi) is 6.27. The molecule has 1 atom stereocenters. The maximum Gasteiger partial charge on any atom is 0.303 e. The van der Waals surface area contributed by atoms with Gasteiger partial charge >= 0.3 is 5.97 Å². The number of aliphatic carboxylic acids is 1. The average molecular weight is 489 g/mol. The summed E-state index contributed by atoms with van der Waals surface area (Å²) in [6.45, 7) is 0.225. The van der Waals surface area contributed by atoms with Gasteiger partial charge in [0.15, 0.2) is 0 Å². The van der Waals surface area contributed by atoms with E-state index in [0.717, 1.165) is 24.0 Å². The van der Waals surface area contributed by atoms with Gasteiger partial charge in [-0.05, 0) is 70.4 Å². The van der Waals surface area contributed by atoms with Gasteiger partial charge in [-0.15, -0.1) is 0 Å². The van der Waals surface area contributed by atoms with E-state index < -0.39 is 11.8 Å². The summed E-state index contributed by atoms with van der Waals surface area (Å²) in [6, 6.07) is 12.0. The molecule has 0 saturated heterocycles. The molecule has 1 aliphatic rings. The number of carbonyl (C=O) groups is 1. The molecule has 2 aromatic carbocycles. The van der Waals surface area contributed by atoms with Crippen LogP contribution in [0, 0.1) is 11.7 Å². The molecule has 1 heterocycles. The quantitative estimate of drug-likeness (QED) is 0.440. The molecule has 0 aliphatic heterocycles. The first-order valence-electron chi connectivity index (χ1n) is 9.97. The van der Waals surface area contributed by atoms with Crippen molar-refractivity contribution in [1.82, 2.24) is 9.78 Å². The van der Waals surface area contributed by atoms with Crippen molar-refractivity contribution in [1.29, 1.82) is 0 Å². The Labute approximate surface area is 187 Å². The third-order valence-corrected chi connectivity index (χ3v) is 6.27. The van der Waals surface area contributed by atoms with Crippen molar-refractivity contribution in [3.8, 4) is 17.2 Å². The average Bonchev–Trinajstić information content (AvgIpc) is 3.54. The van der Waals surface area contributed by atoms with Crippen molar-refractivity contribution in [3.63, 3.8) is 0 Å². The topological polar surface area (TPSA) is 73.6 Å². The fourth-order valence-corrected chi connectivity index (χ4v) is 4.15. The Bertz CT molecular complexity index is 1100. The van der Waals surface area contributed by atoms with Crippen molar-refractivity contribution in [2.45, 2.75) is 31.8 Å². The van der Waals surface area contributed by atoms with Crippen molar-refractivity contribution in [2.24, 2.45) is 5.92 Å². The molecule has 0 radical (unpaired) electrons. The molecule has 8 heteroatoms. The van der Waals surface area contributed by atoms with Crippen LogP contribution in [0.25, 0.3) is 5.69 Å². The third-order valence-electron chi connectivity index (χ3n) is 5.43. The number of methoxy groups -OCH3 is 1. The summed E-state index contributed by atoms with van der Waals surface area (Å²) in [5.74, 6) is 0.405. The van der Waals surface area contributed by atoms with E-state index in [1.54, 1.807) is 18.3 Å². The molecule has 0 bridgehead atoms. The maximum absolute atomic E-state index is 14.3. The first-order valence-corrected chi connectivity index (χ1v) is 10.8. The van der Waals surface area contributed by atoms with Gasteiger partial charge in [-0.25, -0.2) is 9.07 Å². The van der Waals surface area contributed by atoms with Gasteiger partial charge in [0, 0.05) is 11.6 Å². The van der Waals surface area contributed by atoms with Crippen LogP contribution in [0.3, 0.4) is 0 Å². The molecular weight excluding hydrogens is 467 g/mol. The highest BCUT2D eigenvalue weighted by Crippen LogP contribution is 2.45.